The first-order valence-corrected chi connectivity index (χ1v) is 9.48. The van der Waals surface area contributed by atoms with Gasteiger partial charge in [-0.25, -0.2) is 0 Å². The number of hydrogen-bond donors (Lipinski definition) is 2. The van der Waals surface area contributed by atoms with Crippen LogP contribution >= 0.6 is 0 Å². The molecule has 0 aliphatic rings. The highest BCUT2D eigenvalue weighted by Crippen LogP contribution is 2.12. The van der Waals surface area contributed by atoms with Crippen LogP contribution < -0.4 is 10.6 Å². The van der Waals surface area contributed by atoms with Crippen LogP contribution in [0.4, 0.5) is 5.69 Å². The molecule has 2 rings (SSSR count). The zero-order valence-corrected chi connectivity index (χ0v) is 16.5. The molecule has 28 heavy (non-hydrogen) atoms. The quantitative estimate of drug-likeness (QED) is 0.583. The van der Waals surface area contributed by atoms with E-state index in [1.165, 1.54) is 0 Å². The molecule has 0 saturated carbocycles. The highest BCUT2D eigenvalue weighted by molar-refractivity contribution is 5.96. The number of ether oxygens (including phenoxy) is 2. The van der Waals surface area contributed by atoms with Gasteiger partial charge in [0.05, 0.1) is 19.8 Å². The van der Waals surface area contributed by atoms with Crippen LogP contribution in [0.5, 0.6) is 0 Å². The van der Waals surface area contributed by atoms with Crippen molar-refractivity contribution in [3.05, 3.63) is 65.2 Å². The first-order chi connectivity index (χ1) is 13.6. The summed E-state index contributed by atoms with van der Waals surface area (Å²) in [5.74, 6) is -0.323. The van der Waals surface area contributed by atoms with Gasteiger partial charge in [0.15, 0.2) is 0 Å². The van der Waals surface area contributed by atoms with Crippen LogP contribution in [0.1, 0.15) is 34.8 Å². The maximum absolute atomic E-state index is 12.2. The Kier molecular flexibility index (Phi) is 9.18. The summed E-state index contributed by atoms with van der Waals surface area (Å²) >= 11 is 0. The average Bonchev–Trinajstić information content (AvgIpc) is 2.68. The molecule has 0 aromatic heterocycles. The highest BCUT2D eigenvalue weighted by Gasteiger charge is 2.09. The number of amides is 2. The number of benzene rings is 2. The molecule has 0 aliphatic carbocycles. The number of carbonyl (C=O) groups excluding carboxylic acids is 2. The van der Waals surface area contributed by atoms with Crippen LogP contribution in [-0.2, 0) is 20.9 Å². The van der Waals surface area contributed by atoms with Gasteiger partial charge in [-0.1, -0.05) is 30.3 Å². The molecule has 2 aromatic carbocycles. The Balaban J connectivity index is 1.73. The fourth-order valence-electron chi connectivity index (χ4n) is 2.63. The van der Waals surface area contributed by atoms with Gasteiger partial charge in [-0.3, -0.25) is 9.59 Å². The zero-order valence-electron chi connectivity index (χ0n) is 16.5. The van der Waals surface area contributed by atoms with E-state index in [0.29, 0.717) is 37.7 Å². The molecular weight excluding hydrogens is 356 g/mol. The second-order valence-electron chi connectivity index (χ2n) is 6.32. The molecular formula is C22H28N2O4. The minimum Gasteiger partial charge on any atom is -0.379 e. The molecule has 0 bridgehead atoms. The summed E-state index contributed by atoms with van der Waals surface area (Å²) in [6, 6.07) is 14.9. The predicted molar refractivity (Wildman–Crippen MR) is 109 cm³/mol. The first kappa shape index (κ1) is 21.6. The molecule has 0 atom stereocenters. The SMILES string of the molecule is CCOCCOCc1cccc(NC(=O)CCNC(=O)c2ccccc2C)c1. The van der Waals surface area contributed by atoms with Gasteiger partial charge in [0, 0.05) is 30.8 Å². The maximum atomic E-state index is 12.2. The third-order valence-electron chi connectivity index (χ3n) is 4.08. The Morgan fingerprint density at radius 2 is 1.79 bits per heavy atom. The van der Waals surface area contributed by atoms with E-state index in [0.717, 1.165) is 11.1 Å². The van der Waals surface area contributed by atoms with Crippen molar-refractivity contribution in [1.29, 1.82) is 0 Å². The topological polar surface area (TPSA) is 76.7 Å². The molecule has 0 aliphatic heterocycles. The largest absolute Gasteiger partial charge is 0.379 e. The minimum atomic E-state index is -0.169. The molecule has 0 heterocycles. The van der Waals surface area contributed by atoms with E-state index in [1.54, 1.807) is 6.07 Å². The number of nitrogens with one attached hydrogen (secondary N) is 2. The van der Waals surface area contributed by atoms with E-state index in [9.17, 15) is 9.59 Å². The predicted octanol–water partition coefficient (Wildman–Crippen LogP) is 3.31. The van der Waals surface area contributed by atoms with Gasteiger partial charge in [-0.15, -0.1) is 0 Å². The summed E-state index contributed by atoms with van der Waals surface area (Å²) in [5, 5.41) is 5.63. The fraction of sp³-hybridized carbons (Fsp3) is 0.364. The van der Waals surface area contributed by atoms with E-state index >= 15 is 0 Å². The molecule has 150 valence electrons. The van der Waals surface area contributed by atoms with Gasteiger partial charge in [-0.05, 0) is 43.2 Å². The molecule has 0 radical (unpaired) electrons. The normalized spacial score (nSPS) is 10.5. The van der Waals surface area contributed by atoms with Crippen LogP contribution in [0, 0.1) is 6.92 Å². The minimum absolute atomic E-state index is 0.153. The van der Waals surface area contributed by atoms with Crippen molar-refractivity contribution < 1.29 is 19.1 Å². The molecule has 0 saturated heterocycles. The van der Waals surface area contributed by atoms with E-state index in [4.69, 9.17) is 9.47 Å². The van der Waals surface area contributed by atoms with Crippen LogP contribution in [0.15, 0.2) is 48.5 Å². The number of rotatable bonds is 11. The Bertz CT molecular complexity index is 777. The molecule has 0 spiro atoms. The Hall–Kier alpha value is -2.70. The van der Waals surface area contributed by atoms with Gasteiger partial charge in [0.2, 0.25) is 5.91 Å². The lowest BCUT2D eigenvalue weighted by atomic mass is 10.1. The molecule has 6 nitrogen and oxygen atoms in total. The van der Waals surface area contributed by atoms with Gasteiger partial charge in [-0.2, -0.15) is 0 Å². The van der Waals surface area contributed by atoms with Crippen molar-refractivity contribution in [1.82, 2.24) is 5.32 Å². The van der Waals surface area contributed by atoms with Gasteiger partial charge < -0.3 is 20.1 Å². The molecule has 0 unspecified atom stereocenters. The lowest BCUT2D eigenvalue weighted by Gasteiger charge is -2.10. The lowest BCUT2D eigenvalue weighted by Crippen LogP contribution is -2.28. The number of aryl methyl sites for hydroxylation is 1. The standard InChI is InChI=1S/C22H28N2O4/c1-3-27-13-14-28-16-18-8-6-9-19(15-18)24-21(25)11-12-23-22(26)20-10-5-4-7-17(20)2/h4-10,15H,3,11-14,16H2,1-2H3,(H,23,26)(H,24,25). The summed E-state index contributed by atoms with van der Waals surface area (Å²) in [6.45, 7) is 6.35. The summed E-state index contributed by atoms with van der Waals surface area (Å²) in [4.78, 5) is 24.3. The van der Waals surface area contributed by atoms with Crippen molar-refractivity contribution in [2.45, 2.75) is 26.9 Å². The van der Waals surface area contributed by atoms with Crippen LogP contribution in [0.25, 0.3) is 0 Å². The smallest absolute Gasteiger partial charge is 0.251 e. The van der Waals surface area contributed by atoms with Gasteiger partial charge >= 0.3 is 0 Å². The molecule has 2 amide bonds. The molecule has 2 aromatic rings. The van der Waals surface area contributed by atoms with Crippen molar-refractivity contribution >= 4 is 17.5 Å². The Morgan fingerprint density at radius 3 is 2.57 bits per heavy atom. The fourth-order valence-corrected chi connectivity index (χ4v) is 2.63. The molecule has 6 heteroatoms. The van der Waals surface area contributed by atoms with Crippen LogP contribution in [0.2, 0.25) is 0 Å². The van der Waals surface area contributed by atoms with Gasteiger partial charge in [0.25, 0.3) is 5.91 Å². The lowest BCUT2D eigenvalue weighted by molar-refractivity contribution is -0.116. The van der Waals surface area contributed by atoms with E-state index in [2.05, 4.69) is 10.6 Å². The second-order valence-corrected chi connectivity index (χ2v) is 6.32. The third kappa shape index (κ3) is 7.50. The average molecular weight is 384 g/mol. The van der Waals surface area contributed by atoms with E-state index < -0.39 is 0 Å². The Labute approximate surface area is 166 Å². The highest BCUT2D eigenvalue weighted by atomic mass is 16.5. The van der Waals surface area contributed by atoms with E-state index in [1.807, 2.05) is 56.3 Å². The van der Waals surface area contributed by atoms with Crippen molar-refractivity contribution in [3.8, 4) is 0 Å². The molecule has 0 fully saturated rings. The monoisotopic (exact) mass is 384 g/mol. The van der Waals surface area contributed by atoms with E-state index in [-0.39, 0.29) is 24.8 Å². The summed E-state index contributed by atoms with van der Waals surface area (Å²) in [7, 11) is 0. The van der Waals surface area contributed by atoms with Crippen molar-refractivity contribution in [2.75, 3.05) is 31.7 Å². The zero-order chi connectivity index (χ0) is 20.2. The van der Waals surface area contributed by atoms with Crippen molar-refractivity contribution in [2.24, 2.45) is 0 Å². The van der Waals surface area contributed by atoms with Gasteiger partial charge in [0.1, 0.15) is 0 Å². The number of anilines is 1. The van der Waals surface area contributed by atoms with Crippen molar-refractivity contribution in [3.63, 3.8) is 0 Å². The first-order valence-electron chi connectivity index (χ1n) is 9.48. The number of hydrogen-bond acceptors (Lipinski definition) is 4. The molecule has 2 N–H and O–H groups in total. The van der Waals surface area contributed by atoms with Crippen LogP contribution in [-0.4, -0.2) is 38.2 Å². The number of carbonyl (C=O) groups is 2. The maximum Gasteiger partial charge on any atom is 0.251 e. The summed E-state index contributed by atoms with van der Waals surface area (Å²) < 4.78 is 10.8. The second kappa shape index (κ2) is 11.9. The Morgan fingerprint density at radius 1 is 1.00 bits per heavy atom. The van der Waals surface area contributed by atoms with Crippen LogP contribution in [0.3, 0.4) is 0 Å². The summed E-state index contributed by atoms with van der Waals surface area (Å²) in [5.41, 5.74) is 3.22. The third-order valence-corrected chi connectivity index (χ3v) is 4.08. The summed E-state index contributed by atoms with van der Waals surface area (Å²) in [6.07, 6.45) is 0.201.